The van der Waals surface area contributed by atoms with Gasteiger partial charge in [-0.05, 0) is 60.2 Å². The van der Waals surface area contributed by atoms with Crippen molar-refractivity contribution in [2.45, 2.75) is 25.2 Å². The zero-order chi connectivity index (χ0) is 19.0. The number of halogens is 1. The zero-order valence-corrected chi connectivity index (χ0v) is 15.2. The summed E-state index contributed by atoms with van der Waals surface area (Å²) in [5.74, 6) is -0.689. The van der Waals surface area contributed by atoms with Crippen LogP contribution in [0.25, 0.3) is 16.6 Å². The molecular formula is C22H19FN2O2. The fourth-order valence-corrected chi connectivity index (χ4v) is 3.92. The Labute approximate surface area is 156 Å². The van der Waals surface area contributed by atoms with Crippen molar-refractivity contribution < 1.29 is 13.9 Å². The third-order valence-corrected chi connectivity index (χ3v) is 5.35. The van der Waals surface area contributed by atoms with Crippen LogP contribution in [0.4, 0.5) is 4.39 Å². The van der Waals surface area contributed by atoms with E-state index < -0.39 is 5.41 Å². The fraction of sp³-hybridized carbons (Fsp3) is 0.227. The summed E-state index contributed by atoms with van der Waals surface area (Å²) in [5, 5.41) is 0. The lowest BCUT2D eigenvalue weighted by Gasteiger charge is -2.26. The van der Waals surface area contributed by atoms with Crippen LogP contribution in [0.5, 0.6) is 0 Å². The molecule has 0 saturated carbocycles. The lowest BCUT2D eigenvalue weighted by Crippen LogP contribution is -2.34. The molecule has 0 saturated heterocycles. The standard InChI is InChI=1S/C22H19FN2O2/c1-14-17(4-3-5-18(14)23)22(21(26)27-2)9-8-16(13-22)15-6-7-19-20(12-15)25-11-10-24-19/h3-7,10-13H,8-9H2,1-2H3/t22-/m0/s1. The van der Waals surface area contributed by atoms with Crippen molar-refractivity contribution in [3.63, 3.8) is 0 Å². The minimum atomic E-state index is -0.979. The van der Waals surface area contributed by atoms with E-state index in [4.69, 9.17) is 4.74 Å². The van der Waals surface area contributed by atoms with Gasteiger partial charge in [0.1, 0.15) is 11.2 Å². The van der Waals surface area contributed by atoms with Crippen molar-refractivity contribution in [3.8, 4) is 0 Å². The van der Waals surface area contributed by atoms with Gasteiger partial charge in [-0.3, -0.25) is 14.8 Å². The van der Waals surface area contributed by atoms with Gasteiger partial charge in [0.05, 0.1) is 18.1 Å². The molecule has 3 aromatic rings. The van der Waals surface area contributed by atoms with E-state index in [-0.39, 0.29) is 11.8 Å². The molecule has 0 fully saturated rings. The summed E-state index contributed by atoms with van der Waals surface area (Å²) < 4.78 is 19.3. The Balaban J connectivity index is 1.85. The quantitative estimate of drug-likeness (QED) is 0.650. The average Bonchev–Trinajstić information content (AvgIpc) is 3.15. The van der Waals surface area contributed by atoms with Crippen molar-refractivity contribution in [1.82, 2.24) is 9.97 Å². The highest BCUT2D eigenvalue weighted by Crippen LogP contribution is 2.45. The zero-order valence-electron chi connectivity index (χ0n) is 15.2. The first kappa shape index (κ1) is 17.3. The smallest absolute Gasteiger partial charge is 0.320 e. The Kier molecular flexibility index (Phi) is 4.22. The monoisotopic (exact) mass is 362 g/mol. The van der Waals surface area contributed by atoms with Crippen LogP contribution in [-0.2, 0) is 14.9 Å². The Morgan fingerprint density at radius 2 is 1.93 bits per heavy atom. The molecule has 0 amide bonds. The molecule has 4 rings (SSSR count). The van der Waals surface area contributed by atoms with Gasteiger partial charge in [0.25, 0.3) is 0 Å². The van der Waals surface area contributed by atoms with Crippen LogP contribution in [0.1, 0.15) is 29.5 Å². The van der Waals surface area contributed by atoms with E-state index in [9.17, 15) is 9.18 Å². The topological polar surface area (TPSA) is 52.1 Å². The molecule has 1 aromatic heterocycles. The molecule has 4 nitrogen and oxygen atoms in total. The number of esters is 1. The second-order valence-electron chi connectivity index (χ2n) is 6.80. The molecule has 0 bridgehead atoms. The van der Waals surface area contributed by atoms with Crippen molar-refractivity contribution in [3.05, 3.63) is 77.4 Å². The second kappa shape index (κ2) is 6.58. The van der Waals surface area contributed by atoms with Gasteiger partial charge in [0.2, 0.25) is 0 Å². The summed E-state index contributed by atoms with van der Waals surface area (Å²) in [6.45, 7) is 1.70. The number of aromatic nitrogens is 2. The number of ether oxygens (including phenoxy) is 1. The average molecular weight is 362 g/mol. The molecule has 1 aliphatic rings. The predicted octanol–water partition coefficient (Wildman–Crippen LogP) is 4.37. The van der Waals surface area contributed by atoms with E-state index in [1.54, 1.807) is 31.5 Å². The van der Waals surface area contributed by atoms with Gasteiger partial charge in [0.15, 0.2) is 0 Å². The van der Waals surface area contributed by atoms with Gasteiger partial charge < -0.3 is 4.74 Å². The molecule has 5 heteroatoms. The minimum absolute atomic E-state index is 0.321. The molecule has 0 unspecified atom stereocenters. The van der Waals surface area contributed by atoms with Gasteiger partial charge in [-0.25, -0.2) is 4.39 Å². The number of carbonyl (C=O) groups is 1. The number of hydrogen-bond acceptors (Lipinski definition) is 4. The summed E-state index contributed by atoms with van der Waals surface area (Å²) in [6, 6.07) is 10.7. The molecule has 1 heterocycles. The summed E-state index contributed by atoms with van der Waals surface area (Å²) in [7, 11) is 1.37. The highest BCUT2D eigenvalue weighted by Gasteiger charge is 2.44. The molecule has 1 aliphatic carbocycles. The third-order valence-electron chi connectivity index (χ3n) is 5.35. The summed E-state index contributed by atoms with van der Waals surface area (Å²) in [4.78, 5) is 21.4. The maximum atomic E-state index is 14.2. The van der Waals surface area contributed by atoms with Gasteiger partial charge in [-0.2, -0.15) is 0 Å². The van der Waals surface area contributed by atoms with E-state index in [0.717, 1.165) is 22.2 Å². The van der Waals surface area contributed by atoms with Crippen molar-refractivity contribution >= 4 is 22.6 Å². The Morgan fingerprint density at radius 3 is 2.70 bits per heavy atom. The first-order valence-corrected chi connectivity index (χ1v) is 8.82. The molecule has 0 radical (unpaired) electrons. The van der Waals surface area contributed by atoms with Crippen LogP contribution >= 0.6 is 0 Å². The molecule has 0 aliphatic heterocycles. The molecule has 136 valence electrons. The van der Waals surface area contributed by atoms with Crippen LogP contribution in [-0.4, -0.2) is 23.0 Å². The first-order valence-electron chi connectivity index (χ1n) is 8.82. The SMILES string of the molecule is COC(=O)[C@]1(c2cccc(F)c2C)C=C(c2ccc3nccnc3c2)CC1. The molecular weight excluding hydrogens is 343 g/mol. The van der Waals surface area contributed by atoms with E-state index >= 15 is 0 Å². The Hall–Kier alpha value is -3.08. The largest absolute Gasteiger partial charge is 0.468 e. The van der Waals surface area contributed by atoms with Crippen molar-refractivity contribution in [2.24, 2.45) is 0 Å². The summed E-state index contributed by atoms with van der Waals surface area (Å²) in [5.41, 5.74) is 3.79. The Morgan fingerprint density at radius 1 is 1.15 bits per heavy atom. The number of fused-ring (bicyclic) bond motifs is 1. The molecule has 0 spiro atoms. The first-order chi connectivity index (χ1) is 13.0. The van der Waals surface area contributed by atoms with E-state index in [2.05, 4.69) is 9.97 Å². The van der Waals surface area contributed by atoms with Crippen LogP contribution in [0.2, 0.25) is 0 Å². The van der Waals surface area contributed by atoms with E-state index in [1.807, 2.05) is 24.3 Å². The highest BCUT2D eigenvalue weighted by atomic mass is 19.1. The normalized spacial score (nSPS) is 19.1. The number of rotatable bonds is 3. The maximum absolute atomic E-state index is 14.2. The van der Waals surface area contributed by atoms with Gasteiger partial charge in [-0.1, -0.05) is 24.3 Å². The Bertz CT molecular complexity index is 1080. The minimum Gasteiger partial charge on any atom is -0.468 e. The number of hydrogen-bond donors (Lipinski definition) is 0. The van der Waals surface area contributed by atoms with Gasteiger partial charge >= 0.3 is 5.97 Å². The van der Waals surface area contributed by atoms with Crippen LogP contribution in [0.15, 0.2) is 54.9 Å². The highest BCUT2D eigenvalue weighted by molar-refractivity contribution is 5.92. The van der Waals surface area contributed by atoms with Crippen LogP contribution < -0.4 is 0 Å². The van der Waals surface area contributed by atoms with Crippen LogP contribution in [0, 0.1) is 12.7 Å². The molecule has 27 heavy (non-hydrogen) atoms. The summed E-state index contributed by atoms with van der Waals surface area (Å²) >= 11 is 0. The third kappa shape index (κ3) is 2.79. The van der Waals surface area contributed by atoms with Crippen molar-refractivity contribution in [2.75, 3.05) is 7.11 Å². The van der Waals surface area contributed by atoms with Crippen molar-refractivity contribution in [1.29, 1.82) is 0 Å². The number of nitrogens with zero attached hydrogens (tertiary/aromatic N) is 2. The number of carbonyl (C=O) groups excluding carboxylic acids is 1. The number of benzene rings is 2. The number of methoxy groups -OCH3 is 1. The van der Waals surface area contributed by atoms with Gasteiger partial charge in [0, 0.05) is 12.4 Å². The van der Waals surface area contributed by atoms with Gasteiger partial charge in [-0.15, -0.1) is 0 Å². The second-order valence-corrected chi connectivity index (χ2v) is 6.80. The predicted molar refractivity (Wildman–Crippen MR) is 102 cm³/mol. The molecule has 0 N–H and O–H groups in total. The maximum Gasteiger partial charge on any atom is 0.320 e. The molecule has 2 aromatic carbocycles. The number of allylic oxidation sites excluding steroid dienone is 1. The summed E-state index contributed by atoms with van der Waals surface area (Å²) in [6.07, 6.45) is 6.47. The van der Waals surface area contributed by atoms with E-state index in [1.165, 1.54) is 13.2 Å². The van der Waals surface area contributed by atoms with E-state index in [0.29, 0.717) is 24.0 Å². The lowest BCUT2D eigenvalue weighted by molar-refractivity contribution is -0.145. The molecule has 1 atom stereocenters. The lowest BCUT2D eigenvalue weighted by atomic mass is 9.77. The van der Waals surface area contributed by atoms with Crippen LogP contribution in [0.3, 0.4) is 0 Å². The fourth-order valence-electron chi connectivity index (χ4n) is 3.92.